The molecule has 1 aliphatic rings. The van der Waals surface area contributed by atoms with E-state index in [4.69, 9.17) is 0 Å². The zero-order chi connectivity index (χ0) is 18.6. The van der Waals surface area contributed by atoms with E-state index >= 15 is 0 Å². The molecule has 5 heteroatoms. The summed E-state index contributed by atoms with van der Waals surface area (Å²) in [5.74, 6) is -0.150. The third-order valence-electron chi connectivity index (χ3n) is 4.95. The monoisotopic (exact) mass is 359 g/mol. The van der Waals surface area contributed by atoms with Gasteiger partial charge in [0.15, 0.2) is 0 Å². The molecule has 27 heavy (non-hydrogen) atoms. The number of amides is 1. The number of hydrogen-bond donors (Lipinski definition) is 1. The molecular weight excluding hydrogens is 338 g/mol. The van der Waals surface area contributed by atoms with Crippen molar-refractivity contribution in [2.45, 2.75) is 32.4 Å². The highest BCUT2D eigenvalue weighted by molar-refractivity contribution is 6.02. The van der Waals surface area contributed by atoms with E-state index in [1.807, 2.05) is 42.5 Å². The highest BCUT2D eigenvalue weighted by atomic mass is 16.2. The van der Waals surface area contributed by atoms with Crippen LogP contribution >= 0.6 is 0 Å². The lowest BCUT2D eigenvalue weighted by molar-refractivity contribution is 0.0949. The smallest absolute Gasteiger partial charge is 0.253 e. The number of aromatic nitrogens is 2. The van der Waals surface area contributed by atoms with Crippen molar-refractivity contribution >= 4 is 5.91 Å². The van der Waals surface area contributed by atoms with Crippen LogP contribution in [0.3, 0.4) is 0 Å². The largest absolute Gasteiger partial charge is 0.348 e. The summed E-state index contributed by atoms with van der Waals surface area (Å²) in [6, 6.07) is 15.0. The van der Waals surface area contributed by atoms with Gasteiger partial charge < -0.3 is 9.88 Å². The Morgan fingerprint density at radius 1 is 1.11 bits per heavy atom. The second-order valence-corrected chi connectivity index (χ2v) is 6.74. The number of carbonyl (C=O) groups is 1. The minimum Gasteiger partial charge on any atom is -0.348 e. The third-order valence-corrected chi connectivity index (χ3v) is 4.95. The molecule has 2 aromatic heterocycles. The van der Waals surface area contributed by atoms with E-state index in [9.17, 15) is 9.59 Å². The number of nitrogens with zero attached hydrogens (tertiary/aromatic N) is 2. The first-order chi connectivity index (χ1) is 13.2. The van der Waals surface area contributed by atoms with Crippen LogP contribution in [0.4, 0.5) is 0 Å². The summed E-state index contributed by atoms with van der Waals surface area (Å²) in [5.41, 5.74) is 3.95. The summed E-state index contributed by atoms with van der Waals surface area (Å²) in [4.78, 5) is 29.9. The van der Waals surface area contributed by atoms with Gasteiger partial charge in [0.25, 0.3) is 11.5 Å². The van der Waals surface area contributed by atoms with Crippen LogP contribution in [0.15, 0.2) is 65.7 Å². The fraction of sp³-hybridized carbons (Fsp3) is 0.227. The zero-order valence-corrected chi connectivity index (χ0v) is 15.0. The van der Waals surface area contributed by atoms with Gasteiger partial charge in [-0.1, -0.05) is 36.4 Å². The Kier molecular flexibility index (Phi) is 4.83. The summed E-state index contributed by atoms with van der Waals surface area (Å²) in [6.45, 7) is 1.07. The predicted molar refractivity (Wildman–Crippen MR) is 104 cm³/mol. The van der Waals surface area contributed by atoms with Gasteiger partial charge in [-0.3, -0.25) is 14.6 Å². The highest BCUT2D eigenvalue weighted by Crippen LogP contribution is 2.28. The van der Waals surface area contributed by atoms with Crippen molar-refractivity contribution in [1.29, 1.82) is 0 Å². The van der Waals surface area contributed by atoms with Gasteiger partial charge >= 0.3 is 0 Å². The van der Waals surface area contributed by atoms with Gasteiger partial charge in [-0.05, 0) is 36.5 Å². The Balaban J connectivity index is 1.77. The number of benzene rings is 1. The summed E-state index contributed by atoms with van der Waals surface area (Å²) < 4.78 is 1.76. The van der Waals surface area contributed by atoms with Crippen LogP contribution < -0.4 is 10.9 Å². The van der Waals surface area contributed by atoms with Crippen molar-refractivity contribution in [3.05, 3.63) is 88.1 Å². The molecule has 1 amide bonds. The quantitative estimate of drug-likeness (QED) is 0.778. The number of pyridine rings is 2. The first-order valence-electron chi connectivity index (χ1n) is 9.23. The Bertz CT molecular complexity index is 1010. The minimum atomic E-state index is -0.150. The lowest BCUT2D eigenvalue weighted by Crippen LogP contribution is -2.33. The topological polar surface area (TPSA) is 64.0 Å². The predicted octanol–water partition coefficient (Wildman–Crippen LogP) is 3.18. The number of rotatable bonds is 4. The SMILES string of the molecule is O=C(NCc1cccnc1)c1c(-c2ccccc2)cc(=O)n2c1CCCC2. The Labute approximate surface area is 157 Å². The van der Waals surface area contributed by atoms with E-state index in [1.165, 1.54) is 0 Å². The molecule has 136 valence electrons. The van der Waals surface area contributed by atoms with Crippen molar-refractivity contribution in [3.63, 3.8) is 0 Å². The molecule has 3 aromatic rings. The Morgan fingerprint density at radius 2 is 1.96 bits per heavy atom. The zero-order valence-electron chi connectivity index (χ0n) is 15.0. The van der Waals surface area contributed by atoms with Crippen LogP contribution in [-0.2, 0) is 19.5 Å². The second kappa shape index (κ2) is 7.58. The van der Waals surface area contributed by atoms with Crippen molar-refractivity contribution < 1.29 is 4.79 Å². The maximum Gasteiger partial charge on any atom is 0.253 e. The summed E-state index contributed by atoms with van der Waals surface area (Å²) in [7, 11) is 0. The summed E-state index contributed by atoms with van der Waals surface area (Å²) in [6.07, 6.45) is 6.14. The van der Waals surface area contributed by atoms with E-state index in [0.29, 0.717) is 24.2 Å². The fourth-order valence-electron chi connectivity index (χ4n) is 3.64. The van der Waals surface area contributed by atoms with Crippen molar-refractivity contribution in [2.24, 2.45) is 0 Å². The molecule has 0 fully saturated rings. The molecule has 0 unspecified atom stereocenters. The number of nitrogens with one attached hydrogen (secondary N) is 1. The summed E-state index contributed by atoms with van der Waals surface area (Å²) in [5, 5.41) is 3.00. The van der Waals surface area contributed by atoms with Gasteiger partial charge in [0.2, 0.25) is 0 Å². The molecule has 0 bridgehead atoms. The normalized spacial score (nSPS) is 13.0. The average molecular weight is 359 g/mol. The minimum absolute atomic E-state index is 0.0348. The molecule has 0 radical (unpaired) electrons. The third kappa shape index (κ3) is 3.53. The molecule has 0 saturated carbocycles. The Morgan fingerprint density at radius 3 is 2.74 bits per heavy atom. The molecule has 0 atom stereocenters. The molecule has 1 N–H and O–H groups in total. The first kappa shape index (κ1) is 17.2. The van der Waals surface area contributed by atoms with Crippen molar-refractivity contribution in [3.8, 4) is 11.1 Å². The molecule has 0 saturated heterocycles. The van der Waals surface area contributed by atoms with E-state index in [1.54, 1.807) is 23.0 Å². The number of hydrogen-bond acceptors (Lipinski definition) is 3. The van der Waals surface area contributed by atoms with E-state index in [-0.39, 0.29) is 11.5 Å². The standard InChI is InChI=1S/C22H21N3O2/c26-20-13-18(17-8-2-1-3-9-17)21(19-10-4-5-12-25(19)20)22(27)24-15-16-7-6-11-23-14-16/h1-3,6-9,11,13-14H,4-5,10,12,15H2,(H,24,27). The van der Waals surface area contributed by atoms with E-state index in [0.717, 1.165) is 36.1 Å². The van der Waals surface area contributed by atoms with Gasteiger partial charge in [-0.25, -0.2) is 0 Å². The fourth-order valence-corrected chi connectivity index (χ4v) is 3.64. The molecule has 3 heterocycles. The van der Waals surface area contributed by atoms with Crippen LogP contribution in [-0.4, -0.2) is 15.5 Å². The molecule has 1 aromatic carbocycles. The summed E-state index contributed by atoms with van der Waals surface area (Å²) >= 11 is 0. The van der Waals surface area contributed by atoms with Crippen LogP contribution in [0, 0.1) is 0 Å². The van der Waals surface area contributed by atoms with Crippen molar-refractivity contribution in [2.75, 3.05) is 0 Å². The average Bonchev–Trinajstić information content (AvgIpc) is 2.73. The van der Waals surface area contributed by atoms with Gasteiger partial charge in [0, 0.05) is 42.8 Å². The highest BCUT2D eigenvalue weighted by Gasteiger charge is 2.23. The molecule has 0 spiro atoms. The maximum absolute atomic E-state index is 13.1. The molecular formula is C22H21N3O2. The number of fused-ring (bicyclic) bond motifs is 1. The molecule has 0 aliphatic carbocycles. The lowest BCUT2D eigenvalue weighted by atomic mass is 9.94. The van der Waals surface area contributed by atoms with Crippen molar-refractivity contribution in [1.82, 2.24) is 14.9 Å². The van der Waals surface area contributed by atoms with E-state index < -0.39 is 0 Å². The molecule has 4 rings (SSSR count). The maximum atomic E-state index is 13.1. The molecule has 5 nitrogen and oxygen atoms in total. The van der Waals surface area contributed by atoms with Gasteiger partial charge in [0.1, 0.15) is 0 Å². The van der Waals surface area contributed by atoms with Crippen LogP contribution in [0.5, 0.6) is 0 Å². The second-order valence-electron chi connectivity index (χ2n) is 6.74. The number of carbonyl (C=O) groups excluding carboxylic acids is 1. The van der Waals surface area contributed by atoms with Gasteiger partial charge in [-0.2, -0.15) is 0 Å². The van der Waals surface area contributed by atoms with Crippen LogP contribution in [0.25, 0.3) is 11.1 Å². The van der Waals surface area contributed by atoms with E-state index in [2.05, 4.69) is 10.3 Å². The lowest BCUT2D eigenvalue weighted by Gasteiger charge is -2.23. The van der Waals surface area contributed by atoms with Gasteiger partial charge in [-0.15, -0.1) is 0 Å². The first-order valence-corrected chi connectivity index (χ1v) is 9.23. The van der Waals surface area contributed by atoms with Crippen LogP contribution in [0.2, 0.25) is 0 Å². The molecule has 1 aliphatic heterocycles. The van der Waals surface area contributed by atoms with Gasteiger partial charge in [0.05, 0.1) is 5.56 Å². The van der Waals surface area contributed by atoms with Crippen LogP contribution in [0.1, 0.15) is 34.5 Å². The Hall–Kier alpha value is -3.21.